The molecule has 14 heteroatoms. The highest BCUT2D eigenvalue weighted by molar-refractivity contribution is 6.33. The number of amides is 2. The van der Waals surface area contributed by atoms with Crippen LogP contribution in [0.5, 0.6) is 0 Å². The first kappa shape index (κ1) is 27.0. The van der Waals surface area contributed by atoms with E-state index in [4.69, 9.17) is 11.6 Å². The van der Waals surface area contributed by atoms with Crippen LogP contribution in [0, 0.1) is 0 Å². The normalized spacial score (nSPS) is 13.2. The molecule has 0 radical (unpaired) electrons. The monoisotopic (exact) mass is 562 g/mol. The molecule has 206 valence electrons. The van der Waals surface area contributed by atoms with Crippen LogP contribution in [0.1, 0.15) is 27.7 Å². The summed E-state index contributed by atoms with van der Waals surface area (Å²) >= 11 is 6.40. The maximum absolute atomic E-state index is 13.2. The van der Waals surface area contributed by atoms with Crippen LogP contribution >= 0.6 is 11.6 Å². The molecule has 0 bridgehead atoms. The molecule has 2 amide bonds. The third kappa shape index (κ3) is 5.70. The highest BCUT2D eigenvalue weighted by Gasteiger charge is 2.30. The maximum atomic E-state index is 13.2. The number of anilines is 3. The van der Waals surface area contributed by atoms with E-state index in [0.29, 0.717) is 39.2 Å². The Labute approximate surface area is 234 Å². The zero-order chi connectivity index (χ0) is 28.4. The second kappa shape index (κ2) is 11.2. The minimum absolute atomic E-state index is 0.173. The molecule has 0 fully saturated rings. The van der Waals surface area contributed by atoms with Crippen molar-refractivity contribution >= 4 is 41.0 Å². The van der Waals surface area contributed by atoms with Crippen molar-refractivity contribution in [3.05, 3.63) is 70.6 Å². The van der Waals surface area contributed by atoms with Crippen molar-refractivity contribution in [3.8, 4) is 11.3 Å². The Morgan fingerprint density at radius 3 is 2.75 bits per heavy atom. The molecule has 0 saturated carbocycles. The van der Waals surface area contributed by atoms with Gasteiger partial charge in [0.1, 0.15) is 12.4 Å². The molecule has 0 aliphatic carbocycles. The van der Waals surface area contributed by atoms with Gasteiger partial charge in [-0.3, -0.25) is 9.59 Å². The van der Waals surface area contributed by atoms with Gasteiger partial charge in [-0.05, 0) is 23.8 Å². The summed E-state index contributed by atoms with van der Waals surface area (Å²) in [6.45, 7) is -0.231. The van der Waals surface area contributed by atoms with Gasteiger partial charge in [-0.2, -0.15) is 9.90 Å². The van der Waals surface area contributed by atoms with Crippen molar-refractivity contribution in [2.45, 2.75) is 12.6 Å². The Kier molecular flexibility index (Phi) is 7.58. The first-order valence-corrected chi connectivity index (χ1v) is 12.7. The summed E-state index contributed by atoms with van der Waals surface area (Å²) in [6, 6.07) is 10.0. The summed E-state index contributed by atoms with van der Waals surface area (Å²) in [5.74, 6) is 0.749. The van der Waals surface area contributed by atoms with Gasteiger partial charge >= 0.3 is 0 Å². The number of aryl methyl sites for hydroxylation is 1. The number of nitrogens with zero attached hydrogens (tertiary/aromatic N) is 8. The van der Waals surface area contributed by atoms with Gasteiger partial charge < -0.3 is 25.5 Å². The molecule has 1 unspecified atom stereocenters. The molecule has 1 aliphatic rings. The molecule has 1 aliphatic heterocycles. The lowest BCUT2D eigenvalue weighted by Gasteiger charge is -2.21. The first-order valence-electron chi connectivity index (χ1n) is 12.3. The number of carbonyl (C=O) groups excluding carboxylic acids is 2. The molecule has 1 aromatic carbocycles. The van der Waals surface area contributed by atoms with Crippen molar-refractivity contribution in [1.82, 2.24) is 40.2 Å². The van der Waals surface area contributed by atoms with Crippen LogP contribution in [0.2, 0.25) is 5.02 Å². The summed E-state index contributed by atoms with van der Waals surface area (Å²) in [6.07, 6.45) is 3.01. The number of benzene rings is 1. The quantitative estimate of drug-likeness (QED) is 0.275. The van der Waals surface area contributed by atoms with E-state index in [2.05, 4.69) is 35.8 Å². The van der Waals surface area contributed by atoms with E-state index in [1.165, 1.54) is 22.1 Å². The molecule has 13 nitrogen and oxygen atoms in total. The molecule has 0 saturated heterocycles. The number of fused-ring (bicyclic) bond motifs is 1. The molecule has 3 N–H and O–H groups in total. The molecule has 4 heterocycles. The molecule has 0 spiro atoms. The summed E-state index contributed by atoms with van der Waals surface area (Å²) in [5, 5.41) is 24.1. The van der Waals surface area contributed by atoms with Gasteiger partial charge in [-0.1, -0.05) is 29.8 Å². The van der Waals surface area contributed by atoms with Gasteiger partial charge in [-0.15, -0.1) is 5.10 Å². The van der Waals surface area contributed by atoms with Crippen LogP contribution in [-0.2, 0) is 18.4 Å². The van der Waals surface area contributed by atoms with E-state index in [9.17, 15) is 14.7 Å². The number of halogens is 1. The number of hydrogen-bond acceptors (Lipinski definition) is 10. The van der Waals surface area contributed by atoms with Gasteiger partial charge in [0.25, 0.3) is 5.91 Å². The van der Waals surface area contributed by atoms with Gasteiger partial charge in [0, 0.05) is 38.8 Å². The Morgan fingerprint density at radius 1 is 1.20 bits per heavy atom. The highest BCUT2D eigenvalue weighted by atomic mass is 35.5. The van der Waals surface area contributed by atoms with Crippen LogP contribution in [0.25, 0.3) is 11.3 Å². The average Bonchev–Trinajstić information content (AvgIpc) is 3.49. The van der Waals surface area contributed by atoms with Crippen LogP contribution in [-0.4, -0.2) is 79.0 Å². The van der Waals surface area contributed by atoms with Crippen molar-refractivity contribution in [3.63, 3.8) is 0 Å². The lowest BCUT2D eigenvalue weighted by atomic mass is 10.0. The second-order valence-electron chi connectivity index (χ2n) is 9.39. The molecule has 1 atom stereocenters. The van der Waals surface area contributed by atoms with E-state index < -0.39 is 11.9 Å². The van der Waals surface area contributed by atoms with E-state index in [1.807, 2.05) is 43.3 Å². The number of carbonyl (C=O) groups is 2. The smallest absolute Gasteiger partial charge is 0.254 e. The van der Waals surface area contributed by atoms with Crippen LogP contribution < -0.4 is 15.5 Å². The fraction of sp³-hybridized carbons (Fsp3) is 0.269. The third-order valence-corrected chi connectivity index (χ3v) is 6.55. The number of nitrogens with one attached hydrogen (secondary N) is 2. The third-order valence-electron chi connectivity index (χ3n) is 6.27. The number of rotatable bonds is 9. The maximum Gasteiger partial charge on any atom is 0.254 e. The van der Waals surface area contributed by atoms with Crippen molar-refractivity contribution < 1.29 is 14.7 Å². The molecular weight excluding hydrogens is 536 g/mol. The lowest BCUT2D eigenvalue weighted by Crippen LogP contribution is -2.40. The van der Waals surface area contributed by atoms with E-state index >= 15 is 0 Å². The fourth-order valence-electron chi connectivity index (χ4n) is 4.29. The molecule has 5 rings (SSSR count). The van der Waals surface area contributed by atoms with Gasteiger partial charge in [0.2, 0.25) is 11.9 Å². The van der Waals surface area contributed by atoms with Gasteiger partial charge in [-0.25, -0.2) is 15.0 Å². The summed E-state index contributed by atoms with van der Waals surface area (Å²) in [5.41, 5.74) is 2.83. The number of hydrogen-bond donors (Lipinski definition) is 3. The molecule has 3 aromatic heterocycles. The molecular formula is C26H27ClN10O3. The predicted molar refractivity (Wildman–Crippen MR) is 148 cm³/mol. The Morgan fingerprint density at radius 2 is 2.02 bits per heavy atom. The molecule has 4 aromatic rings. The number of aliphatic hydroxyl groups excluding tert-OH is 1. The van der Waals surface area contributed by atoms with Crippen molar-refractivity contribution in [2.24, 2.45) is 7.05 Å². The summed E-state index contributed by atoms with van der Waals surface area (Å²) < 4.78 is 0. The lowest BCUT2D eigenvalue weighted by molar-refractivity contribution is -0.122. The fourth-order valence-corrected chi connectivity index (χ4v) is 4.49. The predicted octanol–water partition coefficient (Wildman–Crippen LogP) is 1.94. The zero-order valence-electron chi connectivity index (χ0n) is 22.0. The number of aromatic nitrogens is 6. The highest BCUT2D eigenvalue weighted by Crippen LogP contribution is 2.31. The Bertz CT molecular complexity index is 1570. The van der Waals surface area contributed by atoms with E-state index in [1.54, 1.807) is 19.2 Å². The average molecular weight is 563 g/mol. The minimum atomic E-state index is -0.705. The second-order valence-corrected chi connectivity index (χ2v) is 9.79. The van der Waals surface area contributed by atoms with Crippen LogP contribution in [0.15, 0.2) is 48.8 Å². The SMILES string of the molecule is CN(C)c1cccc(C(CO)NC(=O)CN2Cc3ccc(-c4nc(Nc5cnn(C)n5)ncc4Cl)cc3C2=O)n1. The summed E-state index contributed by atoms with van der Waals surface area (Å²) in [4.78, 5) is 44.0. The Balaban J connectivity index is 1.29. The van der Waals surface area contributed by atoms with E-state index in [0.717, 1.165) is 5.56 Å². The number of aliphatic hydroxyl groups is 1. The number of pyridine rings is 1. The van der Waals surface area contributed by atoms with Crippen LogP contribution in [0.3, 0.4) is 0 Å². The largest absolute Gasteiger partial charge is 0.394 e. The standard InChI is InChI=1S/C26H27ClN10O3/c1-35(2)22-6-4-5-19(30-22)20(14-38)31-23(39)13-37-12-16-8-7-15(9-17(16)25(37)40)24-18(27)10-28-26(33-24)32-21-11-29-36(3)34-21/h4-11,20,38H,12-14H2,1-3H3,(H,31,39)(H,28,32,33,34). The topological polar surface area (TPSA) is 154 Å². The van der Waals surface area contributed by atoms with Crippen molar-refractivity contribution in [2.75, 3.05) is 37.5 Å². The van der Waals surface area contributed by atoms with Crippen molar-refractivity contribution in [1.29, 1.82) is 0 Å². The zero-order valence-corrected chi connectivity index (χ0v) is 22.8. The molecule has 40 heavy (non-hydrogen) atoms. The van der Waals surface area contributed by atoms with Gasteiger partial charge in [0.15, 0.2) is 5.82 Å². The van der Waals surface area contributed by atoms with Crippen LogP contribution in [0.4, 0.5) is 17.6 Å². The first-order chi connectivity index (χ1) is 19.2. The van der Waals surface area contributed by atoms with Gasteiger partial charge in [0.05, 0.1) is 41.5 Å². The summed E-state index contributed by atoms with van der Waals surface area (Å²) in [7, 11) is 5.41. The van der Waals surface area contributed by atoms with E-state index in [-0.39, 0.29) is 31.6 Å². The Hall–Kier alpha value is -4.62. The minimum Gasteiger partial charge on any atom is -0.394 e.